The summed E-state index contributed by atoms with van der Waals surface area (Å²) < 4.78 is 10.9. The van der Waals surface area contributed by atoms with E-state index in [1.165, 1.54) is 60.8 Å². The highest BCUT2D eigenvalue weighted by Crippen LogP contribution is 2.28. The second-order valence-corrected chi connectivity index (χ2v) is 10.2. The smallest absolute Gasteiger partial charge is 0.0772 e. The third-order valence-corrected chi connectivity index (χ3v) is 6.54. The first-order chi connectivity index (χ1) is 18.3. The Hall–Kier alpha value is -1.29. The van der Waals surface area contributed by atoms with Crippen LogP contribution >= 0.6 is 11.8 Å². The molecule has 0 amide bonds. The van der Waals surface area contributed by atoms with Crippen molar-refractivity contribution in [2.75, 3.05) is 19.8 Å². The summed E-state index contributed by atoms with van der Waals surface area (Å²) in [7, 11) is 0. The van der Waals surface area contributed by atoms with Gasteiger partial charge in [0.15, 0.2) is 0 Å². The van der Waals surface area contributed by atoms with E-state index in [2.05, 4.69) is 85.2 Å². The van der Waals surface area contributed by atoms with Crippen LogP contribution in [0.5, 0.6) is 0 Å². The Morgan fingerprint density at radius 2 is 1.61 bits per heavy atom. The first-order valence-electron chi connectivity index (χ1n) is 15.2. The van der Waals surface area contributed by atoms with Crippen LogP contribution in [0.4, 0.5) is 0 Å². The van der Waals surface area contributed by atoms with Crippen LogP contribution < -0.4 is 0 Å². The SMILES string of the molecule is C=C(COCCCC)S/C=C(\C)C(=C)c1cc(C)ccc1C.CC.CC.CC1CCCCO1.CCCCC. The first-order valence-corrected chi connectivity index (χ1v) is 16.1. The molecule has 1 aliphatic rings. The highest BCUT2D eigenvalue weighted by atomic mass is 32.2. The molecule has 1 heterocycles. The van der Waals surface area contributed by atoms with Crippen molar-refractivity contribution in [1.29, 1.82) is 0 Å². The molecule has 0 spiro atoms. The Bertz CT molecular complexity index is 713. The lowest BCUT2D eigenvalue weighted by molar-refractivity contribution is 0.0285. The molecule has 1 aliphatic heterocycles. The van der Waals surface area contributed by atoms with Gasteiger partial charge in [-0.05, 0) is 81.1 Å². The average Bonchev–Trinajstić information content (AvgIpc) is 2.94. The molecule has 2 nitrogen and oxygen atoms in total. The van der Waals surface area contributed by atoms with E-state index in [9.17, 15) is 0 Å². The number of ether oxygens (including phenoxy) is 2. The predicted molar refractivity (Wildman–Crippen MR) is 178 cm³/mol. The molecule has 0 N–H and O–H groups in total. The topological polar surface area (TPSA) is 18.5 Å². The molecule has 0 aromatic heterocycles. The van der Waals surface area contributed by atoms with Crippen LogP contribution in [0, 0.1) is 13.8 Å². The highest BCUT2D eigenvalue weighted by Gasteiger charge is 2.06. The van der Waals surface area contributed by atoms with Crippen LogP contribution in [-0.2, 0) is 9.47 Å². The monoisotopic (exact) mass is 548 g/mol. The van der Waals surface area contributed by atoms with Crippen molar-refractivity contribution < 1.29 is 9.47 Å². The molecule has 222 valence electrons. The summed E-state index contributed by atoms with van der Waals surface area (Å²) in [5, 5.41) is 2.12. The third-order valence-electron chi connectivity index (χ3n) is 5.62. The zero-order valence-corrected chi connectivity index (χ0v) is 28.1. The Balaban J connectivity index is -0.000000622. The van der Waals surface area contributed by atoms with Gasteiger partial charge in [0.1, 0.15) is 0 Å². The van der Waals surface area contributed by atoms with Crippen molar-refractivity contribution in [2.24, 2.45) is 0 Å². The maximum atomic E-state index is 5.58. The van der Waals surface area contributed by atoms with Gasteiger partial charge >= 0.3 is 0 Å². The second-order valence-electron chi connectivity index (χ2n) is 9.19. The normalized spacial score (nSPS) is 14.2. The van der Waals surface area contributed by atoms with Gasteiger partial charge in [-0.1, -0.05) is 111 Å². The summed E-state index contributed by atoms with van der Waals surface area (Å²) in [6, 6.07) is 6.48. The van der Waals surface area contributed by atoms with E-state index in [1.807, 2.05) is 27.7 Å². The van der Waals surface area contributed by atoms with Crippen LogP contribution in [0.15, 0.2) is 47.2 Å². The van der Waals surface area contributed by atoms with Crippen LogP contribution in [0.1, 0.15) is 130 Å². The summed E-state index contributed by atoms with van der Waals surface area (Å²) in [5.74, 6) is 0. The number of hydrogen-bond acceptors (Lipinski definition) is 3. The molecule has 2 rings (SSSR count). The fraction of sp³-hybridized carbons (Fsp3) is 0.657. The zero-order valence-electron chi connectivity index (χ0n) is 27.3. The van der Waals surface area contributed by atoms with Crippen LogP contribution in [-0.4, -0.2) is 25.9 Å². The predicted octanol–water partition coefficient (Wildman–Crippen LogP) is 12.1. The van der Waals surface area contributed by atoms with Crippen LogP contribution in [0.2, 0.25) is 0 Å². The quantitative estimate of drug-likeness (QED) is 0.202. The molecule has 1 unspecified atom stereocenters. The van der Waals surface area contributed by atoms with Gasteiger partial charge in [-0.15, -0.1) is 11.8 Å². The van der Waals surface area contributed by atoms with Gasteiger partial charge in [0, 0.05) is 18.1 Å². The molecular weight excluding hydrogens is 484 g/mol. The first kappa shape index (κ1) is 41.2. The maximum Gasteiger partial charge on any atom is 0.0772 e. The van der Waals surface area contributed by atoms with E-state index in [0.717, 1.165) is 36.5 Å². The van der Waals surface area contributed by atoms with E-state index >= 15 is 0 Å². The number of aryl methyl sites for hydroxylation is 2. The highest BCUT2D eigenvalue weighted by molar-refractivity contribution is 8.05. The molecule has 1 fully saturated rings. The molecular formula is C35H64O2S. The summed E-state index contributed by atoms with van der Waals surface area (Å²) >= 11 is 1.63. The minimum absolute atomic E-state index is 0.536. The molecule has 3 heteroatoms. The van der Waals surface area contributed by atoms with Crippen molar-refractivity contribution in [3.05, 3.63) is 63.9 Å². The fourth-order valence-corrected chi connectivity index (χ4v) is 3.87. The number of benzene rings is 1. The lowest BCUT2D eigenvalue weighted by Crippen LogP contribution is -2.14. The Kier molecular flexibility index (Phi) is 32.8. The second kappa shape index (κ2) is 30.3. The van der Waals surface area contributed by atoms with Gasteiger partial charge in [0.2, 0.25) is 0 Å². The van der Waals surface area contributed by atoms with Gasteiger partial charge in [-0.3, -0.25) is 0 Å². The molecule has 1 saturated heterocycles. The average molecular weight is 549 g/mol. The van der Waals surface area contributed by atoms with Crippen molar-refractivity contribution in [1.82, 2.24) is 0 Å². The van der Waals surface area contributed by atoms with Crippen molar-refractivity contribution in [3.8, 4) is 0 Å². The number of allylic oxidation sites excluding steroid dienone is 2. The van der Waals surface area contributed by atoms with E-state index < -0.39 is 0 Å². The van der Waals surface area contributed by atoms with Crippen molar-refractivity contribution >= 4 is 17.3 Å². The Morgan fingerprint density at radius 3 is 2.05 bits per heavy atom. The lowest BCUT2D eigenvalue weighted by atomic mass is 9.96. The standard InChI is InChI=1S/C20H28OS.C6H12O.C5H12.2C2H6/c1-7-8-11-21-13-18(5)22-14-17(4)19(6)20-12-15(2)9-10-16(20)3;1-6-4-2-3-5-7-6;1-3-5-4-2;2*1-2/h9-10,12,14H,5-8,11,13H2,1-4H3;6H,2-5H2,1H3;3-5H2,1-2H3;2*1-2H3/b17-14+;;;;. The van der Waals surface area contributed by atoms with E-state index in [1.54, 1.807) is 11.8 Å². The number of thioether (sulfide) groups is 1. The van der Waals surface area contributed by atoms with Gasteiger partial charge in [0.25, 0.3) is 0 Å². The maximum absolute atomic E-state index is 5.58. The molecule has 0 radical (unpaired) electrons. The van der Waals surface area contributed by atoms with Gasteiger partial charge in [0.05, 0.1) is 12.7 Å². The minimum Gasteiger partial charge on any atom is -0.379 e. The number of rotatable bonds is 11. The van der Waals surface area contributed by atoms with Crippen molar-refractivity contribution in [3.63, 3.8) is 0 Å². The molecule has 38 heavy (non-hydrogen) atoms. The van der Waals surface area contributed by atoms with Gasteiger partial charge < -0.3 is 9.47 Å². The van der Waals surface area contributed by atoms with E-state index in [0.29, 0.717) is 12.7 Å². The molecule has 1 aromatic carbocycles. The Morgan fingerprint density at radius 1 is 1.00 bits per heavy atom. The lowest BCUT2D eigenvalue weighted by Gasteiger charge is -2.17. The third kappa shape index (κ3) is 23.8. The molecule has 1 aromatic rings. The summed E-state index contributed by atoms with van der Waals surface area (Å²) in [5.41, 5.74) is 5.99. The molecule has 1 atom stereocenters. The Labute approximate surface area is 243 Å². The minimum atomic E-state index is 0.536. The molecule has 0 bridgehead atoms. The summed E-state index contributed by atoms with van der Waals surface area (Å²) in [4.78, 5) is 1.03. The van der Waals surface area contributed by atoms with Gasteiger partial charge in [-0.25, -0.2) is 0 Å². The number of unbranched alkanes of at least 4 members (excludes halogenated alkanes) is 3. The number of hydrogen-bond donors (Lipinski definition) is 0. The molecule has 0 aliphatic carbocycles. The van der Waals surface area contributed by atoms with E-state index in [-0.39, 0.29) is 0 Å². The molecule has 0 saturated carbocycles. The van der Waals surface area contributed by atoms with E-state index in [4.69, 9.17) is 9.47 Å². The largest absolute Gasteiger partial charge is 0.379 e. The van der Waals surface area contributed by atoms with Gasteiger partial charge in [-0.2, -0.15) is 0 Å². The zero-order chi connectivity index (χ0) is 29.8. The van der Waals surface area contributed by atoms with Crippen LogP contribution in [0.3, 0.4) is 0 Å². The van der Waals surface area contributed by atoms with Crippen molar-refractivity contribution in [2.45, 2.75) is 134 Å². The van der Waals surface area contributed by atoms with Crippen LogP contribution in [0.25, 0.3) is 5.57 Å². The summed E-state index contributed by atoms with van der Waals surface area (Å²) in [6.07, 6.45) is 10.8. The fourth-order valence-electron chi connectivity index (χ4n) is 3.24. The summed E-state index contributed by atoms with van der Waals surface area (Å²) in [6.45, 7) is 33.8.